The van der Waals surface area contributed by atoms with E-state index in [0.717, 1.165) is 29.3 Å². The zero-order chi connectivity index (χ0) is 19.7. The molecule has 1 heterocycles. The van der Waals surface area contributed by atoms with Gasteiger partial charge in [0.05, 0.1) is 4.92 Å². The predicted octanol–water partition coefficient (Wildman–Crippen LogP) is 4.85. The maximum Gasteiger partial charge on any atom is 0.336 e. The number of ether oxygens (including phenoxy) is 1. The van der Waals surface area contributed by atoms with Crippen LogP contribution in [0.2, 0.25) is 0 Å². The van der Waals surface area contributed by atoms with Gasteiger partial charge in [0.15, 0.2) is 5.75 Å². The van der Waals surface area contributed by atoms with Crippen molar-refractivity contribution in [3.63, 3.8) is 0 Å². The Hall–Kier alpha value is -3.22. The summed E-state index contributed by atoms with van der Waals surface area (Å²) in [5, 5.41) is 11.8. The molecule has 0 N–H and O–H groups in total. The van der Waals surface area contributed by atoms with Crippen molar-refractivity contribution in [3.8, 4) is 5.75 Å². The van der Waals surface area contributed by atoms with Gasteiger partial charge in [-0.25, -0.2) is 9.18 Å². The Labute approximate surface area is 154 Å². The number of nitro groups is 1. The van der Waals surface area contributed by atoms with Crippen LogP contribution in [0, 0.1) is 22.9 Å². The molecule has 1 aromatic heterocycles. The minimum atomic E-state index is -0.647. The summed E-state index contributed by atoms with van der Waals surface area (Å²) in [6, 6.07) is 8.00. The Morgan fingerprint density at radius 1 is 1.22 bits per heavy atom. The van der Waals surface area contributed by atoms with Gasteiger partial charge in [-0.2, -0.15) is 0 Å². The van der Waals surface area contributed by atoms with Gasteiger partial charge in [0.25, 0.3) is 0 Å². The van der Waals surface area contributed by atoms with Crippen LogP contribution in [0.3, 0.4) is 0 Å². The van der Waals surface area contributed by atoms with Gasteiger partial charge in [-0.3, -0.25) is 10.1 Å². The van der Waals surface area contributed by atoms with Crippen molar-refractivity contribution in [2.24, 2.45) is 0 Å². The van der Waals surface area contributed by atoms with Crippen LogP contribution < -0.4 is 10.4 Å². The molecule has 2 aromatic carbocycles. The van der Waals surface area contributed by atoms with Crippen molar-refractivity contribution in [2.75, 3.05) is 0 Å². The standard InChI is InChI=1S/C20H18FNO5/c1-11(2)15-9-16-13(7-20(23)27-18(16)6-12(15)3)10-26-19-8-14(21)4-5-17(19)22(24)25/h4-9,11H,10H2,1-3H3. The number of fused-ring (bicyclic) bond motifs is 1. The van der Waals surface area contributed by atoms with E-state index in [0.29, 0.717) is 16.5 Å². The normalized spacial score (nSPS) is 11.1. The molecule has 3 rings (SSSR count). The lowest BCUT2D eigenvalue weighted by Gasteiger charge is -2.13. The highest BCUT2D eigenvalue weighted by Gasteiger charge is 2.17. The van der Waals surface area contributed by atoms with Crippen LogP contribution in [0.5, 0.6) is 5.75 Å². The molecule has 0 aliphatic heterocycles. The molecule has 0 amide bonds. The second-order valence-electron chi connectivity index (χ2n) is 6.61. The molecule has 7 heteroatoms. The molecule has 0 aliphatic rings. The minimum absolute atomic E-state index is 0.132. The van der Waals surface area contributed by atoms with Crippen molar-refractivity contribution >= 4 is 16.7 Å². The number of halogens is 1. The average Bonchev–Trinajstić information content (AvgIpc) is 2.58. The third-order valence-corrected chi connectivity index (χ3v) is 4.34. The number of hydrogen-bond donors (Lipinski definition) is 0. The topological polar surface area (TPSA) is 82.6 Å². The summed E-state index contributed by atoms with van der Waals surface area (Å²) >= 11 is 0. The Bertz CT molecular complexity index is 1090. The van der Waals surface area contributed by atoms with Crippen LogP contribution in [-0.4, -0.2) is 4.92 Å². The highest BCUT2D eigenvalue weighted by atomic mass is 19.1. The lowest BCUT2D eigenvalue weighted by atomic mass is 9.95. The van der Waals surface area contributed by atoms with Crippen LogP contribution in [0.25, 0.3) is 11.0 Å². The smallest absolute Gasteiger partial charge is 0.336 e. The molecule has 140 valence electrons. The SMILES string of the molecule is Cc1cc2oc(=O)cc(COc3cc(F)ccc3[N+](=O)[O-])c2cc1C(C)C. The summed E-state index contributed by atoms with van der Waals surface area (Å²) in [6.07, 6.45) is 0. The largest absolute Gasteiger partial charge is 0.482 e. The van der Waals surface area contributed by atoms with E-state index in [1.807, 2.05) is 13.0 Å². The summed E-state index contributed by atoms with van der Waals surface area (Å²) in [7, 11) is 0. The summed E-state index contributed by atoms with van der Waals surface area (Å²) in [4.78, 5) is 22.3. The first kappa shape index (κ1) is 18.6. The number of aryl methyl sites for hydroxylation is 1. The molecule has 0 radical (unpaired) electrons. The monoisotopic (exact) mass is 371 g/mol. The third-order valence-electron chi connectivity index (χ3n) is 4.34. The van der Waals surface area contributed by atoms with Crippen LogP contribution >= 0.6 is 0 Å². The van der Waals surface area contributed by atoms with Crippen molar-refractivity contribution in [1.82, 2.24) is 0 Å². The predicted molar refractivity (Wildman–Crippen MR) is 98.7 cm³/mol. The maximum absolute atomic E-state index is 13.5. The van der Waals surface area contributed by atoms with Crippen LogP contribution in [-0.2, 0) is 6.61 Å². The number of rotatable bonds is 5. The first-order valence-electron chi connectivity index (χ1n) is 8.40. The second kappa shape index (κ2) is 7.19. The molecular formula is C20H18FNO5. The highest BCUT2D eigenvalue weighted by molar-refractivity contribution is 5.82. The molecule has 0 bridgehead atoms. The molecular weight excluding hydrogens is 353 g/mol. The van der Waals surface area contributed by atoms with E-state index in [4.69, 9.17) is 9.15 Å². The van der Waals surface area contributed by atoms with Crippen LogP contribution in [0.15, 0.2) is 45.6 Å². The molecule has 0 fully saturated rings. The van der Waals surface area contributed by atoms with Crippen molar-refractivity contribution in [1.29, 1.82) is 0 Å². The van der Waals surface area contributed by atoms with Gasteiger partial charge >= 0.3 is 11.3 Å². The third kappa shape index (κ3) is 3.81. The van der Waals surface area contributed by atoms with E-state index in [2.05, 4.69) is 13.8 Å². The van der Waals surface area contributed by atoms with E-state index in [9.17, 15) is 19.3 Å². The summed E-state index contributed by atoms with van der Waals surface area (Å²) < 4.78 is 24.2. The van der Waals surface area contributed by atoms with Crippen molar-refractivity contribution in [2.45, 2.75) is 33.3 Å². The lowest BCUT2D eigenvalue weighted by Crippen LogP contribution is -2.06. The molecule has 0 saturated heterocycles. The highest BCUT2D eigenvalue weighted by Crippen LogP contribution is 2.30. The number of nitrogens with zero attached hydrogens (tertiary/aromatic N) is 1. The molecule has 6 nitrogen and oxygen atoms in total. The van der Waals surface area contributed by atoms with E-state index < -0.39 is 16.4 Å². The number of nitro benzene ring substituents is 1. The Morgan fingerprint density at radius 3 is 2.63 bits per heavy atom. The Balaban J connectivity index is 2.05. The molecule has 0 saturated carbocycles. The van der Waals surface area contributed by atoms with Gasteiger partial charge in [0.1, 0.15) is 18.0 Å². The van der Waals surface area contributed by atoms with Crippen LogP contribution in [0.1, 0.15) is 36.5 Å². The van der Waals surface area contributed by atoms with Crippen molar-refractivity contribution < 1.29 is 18.5 Å². The number of hydrogen-bond acceptors (Lipinski definition) is 5. The van der Waals surface area contributed by atoms with Gasteiger partial charge in [0.2, 0.25) is 0 Å². The Kier molecular flexibility index (Phi) is 4.94. The molecule has 0 atom stereocenters. The fraction of sp³-hybridized carbons (Fsp3) is 0.250. The van der Waals surface area contributed by atoms with Gasteiger partial charge < -0.3 is 9.15 Å². The van der Waals surface area contributed by atoms with Crippen LogP contribution in [0.4, 0.5) is 10.1 Å². The van der Waals surface area contributed by atoms with Gasteiger partial charge in [-0.05, 0) is 42.2 Å². The number of benzene rings is 2. The lowest BCUT2D eigenvalue weighted by molar-refractivity contribution is -0.386. The van der Waals surface area contributed by atoms with Gasteiger partial charge in [0, 0.05) is 29.1 Å². The molecule has 0 spiro atoms. The molecule has 3 aromatic rings. The fourth-order valence-corrected chi connectivity index (χ4v) is 3.04. The summed E-state index contributed by atoms with van der Waals surface area (Å²) in [5.74, 6) is -0.581. The molecule has 27 heavy (non-hydrogen) atoms. The van der Waals surface area contributed by atoms with E-state index in [1.54, 1.807) is 6.07 Å². The van der Waals surface area contributed by atoms with E-state index >= 15 is 0 Å². The second-order valence-corrected chi connectivity index (χ2v) is 6.61. The molecule has 0 unspecified atom stereocenters. The quantitative estimate of drug-likeness (QED) is 0.364. The maximum atomic E-state index is 13.5. The first-order valence-corrected chi connectivity index (χ1v) is 8.40. The minimum Gasteiger partial charge on any atom is -0.482 e. The van der Waals surface area contributed by atoms with E-state index in [-0.39, 0.29) is 24.0 Å². The van der Waals surface area contributed by atoms with Gasteiger partial charge in [-0.15, -0.1) is 0 Å². The zero-order valence-corrected chi connectivity index (χ0v) is 15.1. The summed E-state index contributed by atoms with van der Waals surface area (Å²) in [5.41, 5.74) is 2.13. The molecule has 0 aliphatic carbocycles. The summed E-state index contributed by atoms with van der Waals surface area (Å²) in [6.45, 7) is 5.92. The fourth-order valence-electron chi connectivity index (χ4n) is 3.04. The average molecular weight is 371 g/mol. The first-order chi connectivity index (χ1) is 12.8. The van der Waals surface area contributed by atoms with Gasteiger partial charge in [-0.1, -0.05) is 13.8 Å². The zero-order valence-electron chi connectivity index (χ0n) is 15.1. The van der Waals surface area contributed by atoms with Crippen molar-refractivity contribution in [3.05, 3.63) is 79.4 Å². The van der Waals surface area contributed by atoms with E-state index in [1.165, 1.54) is 6.07 Å². The Morgan fingerprint density at radius 2 is 1.96 bits per heavy atom.